The van der Waals surface area contributed by atoms with Crippen molar-refractivity contribution in [1.82, 2.24) is 19.9 Å². The molecule has 1 atom stereocenters. The summed E-state index contributed by atoms with van der Waals surface area (Å²) in [5.74, 6) is -0.755. The van der Waals surface area contributed by atoms with Crippen molar-refractivity contribution in [3.05, 3.63) is 83.5 Å². The van der Waals surface area contributed by atoms with E-state index in [1.807, 2.05) is 30.3 Å². The summed E-state index contributed by atoms with van der Waals surface area (Å²) in [6.07, 6.45) is 4.14. The number of aromatic amines is 1. The second-order valence-corrected chi connectivity index (χ2v) is 5.81. The molecule has 0 spiro atoms. The summed E-state index contributed by atoms with van der Waals surface area (Å²) in [7, 11) is 0. The second-order valence-electron chi connectivity index (χ2n) is 5.81. The van der Waals surface area contributed by atoms with Gasteiger partial charge in [0.05, 0.1) is 36.0 Å². The van der Waals surface area contributed by atoms with Crippen molar-refractivity contribution in [1.29, 1.82) is 0 Å². The fraction of sp³-hybridized carbons (Fsp3) is 0.167. The van der Waals surface area contributed by atoms with Gasteiger partial charge in [-0.15, -0.1) is 0 Å². The number of amides is 1. The largest absolute Gasteiger partial charge is 0.347 e. The number of benzene rings is 1. The van der Waals surface area contributed by atoms with Crippen LogP contribution in [0.4, 0.5) is 4.39 Å². The van der Waals surface area contributed by atoms with E-state index in [0.29, 0.717) is 13.1 Å². The first-order chi connectivity index (χ1) is 11.7. The molecule has 0 radical (unpaired) electrons. The number of H-pyrrole nitrogens is 1. The van der Waals surface area contributed by atoms with Crippen LogP contribution < -0.4 is 0 Å². The Hall–Kier alpha value is -3.02. The molecule has 1 unspecified atom stereocenters. The van der Waals surface area contributed by atoms with Gasteiger partial charge in [0.15, 0.2) is 0 Å². The lowest BCUT2D eigenvalue weighted by atomic mass is 9.90. The number of aromatic nitrogens is 3. The van der Waals surface area contributed by atoms with Crippen molar-refractivity contribution in [3.63, 3.8) is 0 Å². The number of carbonyl (C=O) groups is 1. The van der Waals surface area contributed by atoms with E-state index in [1.54, 1.807) is 11.2 Å². The normalized spacial score (nSPS) is 16.7. The average molecular weight is 322 g/mol. The van der Waals surface area contributed by atoms with Crippen LogP contribution in [0.2, 0.25) is 0 Å². The molecule has 24 heavy (non-hydrogen) atoms. The summed E-state index contributed by atoms with van der Waals surface area (Å²) in [5, 5.41) is 0. The van der Waals surface area contributed by atoms with E-state index < -0.39 is 5.82 Å². The summed E-state index contributed by atoms with van der Waals surface area (Å²) < 4.78 is 13.4. The maximum Gasteiger partial charge on any atom is 0.255 e. The van der Waals surface area contributed by atoms with Crippen molar-refractivity contribution in [2.45, 2.75) is 12.5 Å². The molecule has 2 aromatic heterocycles. The van der Waals surface area contributed by atoms with E-state index in [2.05, 4.69) is 15.0 Å². The molecule has 1 aromatic carbocycles. The van der Waals surface area contributed by atoms with Crippen molar-refractivity contribution < 1.29 is 9.18 Å². The highest BCUT2D eigenvalue weighted by molar-refractivity contribution is 5.94. The van der Waals surface area contributed by atoms with Gasteiger partial charge in [-0.05, 0) is 11.6 Å². The quantitative estimate of drug-likeness (QED) is 0.789. The number of imidazole rings is 1. The smallest absolute Gasteiger partial charge is 0.255 e. The molecule has 1 aliphatic heterocycles. The summed E-state index contributed by atoms with van der Waals surface area (Å²) in [5.41, 5.74) is 3.22. The molecule has 3 aromatic rings. The molecule has 5 nitrogen and oxygen atoms in total. The van der Waals surface area contributed by atoms with Crippen LogP contribution in [-0.4, -0.2) is 32.3 Å². The van der Waals surface area contributed by atoms with Gasteiger partial charge in [0, 0.05) is 18.7 Å². The number of pyridine rings is 1. The van der Waals surface area contributed by atoms with Crippen LogP contribution in [0.25, 0.3) is 0 Å². The Morgan fingerprint density at radius 1 is 1.25 bits per heavy atom. The van der Waals surface area contributed by atoms with Crippen LogP contribution in [0.5, 0.6) is 0 Å². The Balaban J connectivity index is 1.69. The van der Waals surface area contributed by atoms with Gasteiger partial charge in [-0.1, -0.05) is 30.3 Å². The third-order valence-electron chi connectivity index (χ3n) is 4.27. The SMILES string of the molecule is O=C(c1cncc(F)c1)N1Cc2[nH]cnc2C(c2ccccc2)C1. The van der Waals surface area contributed by atoms with Gasteiger partial charge >= 0.3 is 0 Å². The van der Waals surface area contributed by atoms with Gasteiger partial charge < -0.3 is 9.88 Å². The van der Waals surface area contributed by atoms with Gasteiger partial charge in [-0.3, -0.25) is 9.78 Å². The van der Waals surface area contributed by atoms with Crippen LogP contribution in [0.15, 0.2) is 55.1 Å². The zero-order chi connectivity index (χ0) is 16.5. The summed E-state index contributed by atoms with van der Waals surface area (Å²) >= 11 is 0. The maximum absolute atomic E-state index is 13.4. The summed E-state index contributed by atoms with van der Waals surface area (Å²) in [6, 6.07) is 11.2. The molecule has 0 bridgehead atoms. The molecule has 0 saturated carbocycles. The monoisotopic (exact) mass is 322 g/mol. The first-order valence-electron chi connectivity index (χ1n) is 7.69. The third-order valence-corrected chi connectivity index (χ3v) is 4.27. The van der Waals surface area contributed by atoms with Gasteiger partial charge in [0.2, 0.25) is 0 Å². The van der Waals surface area contributed by atoms with Crippen molar-refractivity contribution >= 4 is 5.91 Å². The van der Waals surface area contributed by atoms with Gasteiger partial charge in [-0.2, -0.15) is 0 Å². The van der Waals surface area contributed by atoms with E-state index >= 15 is 0 Å². The van der Waals surface area contributed by atoms with E-state index in [0.717, 1.165) is 23.1 Å². The highest BCUT2D eigenvalue weighted by Gasteiger charge is 2.31. The van der Waals surface area contributed by atoms with E-state index in [4.69, 9.17) is 0 Å². The van der Waals surface area contributed by atoms with Crippen molar-refractivity contribution in [2.75, 3.05) is 6.54 Å². The lowest BCUT2D eigenvalue weighted by Gasteiger charge is -2.32. The zero-order valence-corrected chi connectivity index (χ0v) is 12.8. The standard InChI is InChI=1S/C18H15FN4O/c19-14-6-13(7-20-8-14)18(24)23-9-15(12-4-2-1-3-5-12)17-16(10-23)21-11-22-17/h1-8,11,15H,9-10H2,(H,21,22). The molecular weight excluding hydrogens is 307 g/mol. The maximum atomic E-state index is 13.4. The number of rotatable bonds is 2. The Morgan fingerprint density at radius 2 is 2.08 bits per heavy atom. The molecule has 0 aliphatic carbocycles. The fourth-order valence-corrected chi connectivity index (χ4v) is 3.14. The lowest BCUT2D eigenvalue weighted by molar-refractivity contribution is 0.0721. The molecule has 1 N–H and O–H groups in total. The molecule has 120 valence electrons. The topological polar surface area (TPSA) is 61.9 Å². The minimum atomic E-state index is -0.514. The number of hydrogen-bond acceptors (Lipinski definition) is 3. The predicted octanol–water partition coefficient (Wildman–Crippen LogP) is 2.73. The highest BCUT2D eigenvalue weighted by atomic mass is 19.1. The Morgan fingerprint density at radius 3 is 2.88 bits per heavy atom. The van der Waals surface area contributed by atoms with Gasteiger partial charge in [0.25, 0.3) is 5.91 Å². The number of nitrogens with one attached hydrogen (secondary N) is 1. The average Bonchev–Trinajstić information content (AvgIpc) is 3.09. The summed E-state index contributed by atoms with van der Waals surface area (Å²) in [6.45, 7) is 0.922. The molecule has 3 heterocycles. The first kappa shape index (κ1) is 14.6. The van der Waals surface area contributed by atoms with Crippen LogP contribution in [0, 0.1) is 5.82 Å². The molecule has 6 heteroatoms. The Kier molecular flexibility index (Phi) is 3.57. The van der Waals surface area contributed by atoms with E-state index in [9.17, 15) is 9.18 Å². The van der Waals surface area contributed by atoms with Crippen molar-refractivity contribution in [3.8, 4) is 0 Å². The number of nitrogens with zero attached hydrogens (tertiary/aromatic N) is 3. The number of fused-ring (bicyclic) bond motifs is 1. The first-order valence-corrected chi connectivity index (χ1v) is 7.69. The minimum Gasteiger partial charge on any atom is -0.347 e. The van der Waals surface area contributed by atoms with E-state index in [1.165, 1.54) is 12.3 Å². The Bertz CT molecular complexity index is 877. The summed E-state index contributed by atoms with van der Waals surface area (Å²) in [4.78, 5) is 25.8. The number of hydrogen-bond donors (Lipinski definition) is 1. The lowest BCUT2D eigenvalue weighted by Crippen LogP contribution is -2.38. The molecule has 0 saturated heterocycles. The Labute approximate surface area is 138 Å². The van der Waals surface area contributed by atoms with Crippen molar-refractivity contribution in [2.24, 2.45) is 0 Å². The van der Waals surface area contributed by atoms with Crippen LogP contribution in [0.3, 0.4) is 0 Å². The van der Waals surface area contributed by atoms with Gasteiger partial charge in [-0.25, -0.2) is 9.37 Å². The van der Waals surface area contributed by atoms with Crippen LogP contribution in [-0.2, 0) is 6.54 Å². The molecular formula is C18H15FN4O. The zero-order valence-electron chi connectivity index (χ0n) is 12.8. The molecule has 4 rings (SSSR count). The van der Waals surface area contributed by atoms with E-state index in [-0.39, 0.29) is 17.4 Å². The highest BCUT2D eigenvalue weighted by Crippen LogP contribution is 2.32. The second kappa shape index (κ2) is 5.88. The third kappa shape index (κ3) is 2.56. The predicted molar refractivity (Wildman–Crippen MR) is 85.8 cm³/mol. The number of halogens is 1. The fourth-order valence-electron chi connectivity index (χ4n) is 3.14. The molecule has 1 amide bonds. The van der Waals surface area contributed by atoms with Crippen LogP contribution in [0.1, 0.15) is 33.2 Å². The van der Waals surface area contributed by atoms with Gasteiger partial charge in [0.1, 0.15) is 5.82 Å². The number of carbonyl (C=O) groups excluding carboxylic acids is 1. The molecule has 1 aliphatic rings. The minimum absolute atomic E-state index is 0.00771. The van der Waals surface area contributed by atoms with Crippen LogP contribution >= 0.6 is 0 Å². The molecule has 0 fully saturated rings.